The van der Waals surface area contributed by atoms with Crippen LogP contribution < -0.4 is 4.74 Å². The summed E-state index contributed by atoms with van der Waals surface area (Å²) in [6, 6.07) is 14.2. The van der Waals surface area contributed by atoms with Gasteiger partial charge >= 0.3 is 0 Å². The maximum absolute atomic E-state index is 13.4. The third kappa shape index (κ3) is 6.79. The molecule has 0 N–H and O–H groups in total. The number of likely N-dealkylation sites (N-methyl/N-ethyl adjacent to an activating group) is 1. The van der Waals surface area contributed by atoms with E-state index in [0.29, 0.717) is 32.4 Å². The molecule has 0 aromatic heterocycles. The normalized spacial score (nSPS) is 15.1. The van der Waals surface area contributed by atoms with Crippen LogP contribution in [0.15, 0.2) is 48.5 Å². The van der Waals surface area contributed by atoms with Gasteiger partial charge in [0.1, 0.15) is 18.2 Å². The van der Waals surface area contributed by atoms with Crippen molar-refractivity contribution in [2.24, 2.45) is 5.92 Å². The number of amides is 2. The number of halogens is 1. The van der Waals surface area contributed by atoms with E-state index in [4.69, 9.17) is 9.47 Å². The first-order valence-corrected chi connectivity index (χ1v) is 11.8. The molecule has 0 saturated carbocycles. The molecule has 0 radical (unpaired) electrons. The minimum atomic E-state index is -0.274. The van der Waals surface area contributed by atoms with E-state index in [-0.39, 0.29) is 36.2 Å². The average Bonchev–Trinajstić information content (AvgIpc) is 2.87. The molecule has 1 atom stereocenters. The molecule has 2 aromatic rings. The Labute approximate surface area is 201 Å². The number of aryl methyl sites for hydroxylation is 1. The number of hydrogen-bond acceptors (Lipinski definition) is 4. The van der Waals surface area contributed by atoms with Gasteiger partial charge in [-0.3, -0.25) is 9.59 Å². The molecule has 3 rings (SSSR count). The maximum Gasteiger partial charge on any atom is 0.248 e. The summed E-state index contributed by atoms with van der Waals surface area (Å²) in [5.74, 6) is 0.841. The number of carbonyl (C=O) groups excluding carboxylic acids is 2. The number of rotatable bonds is 10. The average molecular weight is 471 g/mol. The largest absolute Gasteiger partial charge is 0.496 e. The van der Waals surface area contributed by atoms with E-state index < -0.39 is 0 Å². The fourth-order valence-corrected chi connectivity index (χ4v) is 4.73. The van der Waals surface area contributed by atoms with Crippen LogP contribution in [0.25, 0.3) is 0 Å². The number of hydrogen-bond donors (Lipinski definition) is 0. The van der Waals surface area contributed by atoms with Crippen LogP contribution in [0.5, 0.6) is 5.75 Å². The van der Waals surface area contributed by atoms with Gasteiger partial charge in [0.15, 0.2) is 0 Å². The topological polar surface area (TPSA) is 59.1 Å². The highest BCUT2D eigenvalue weighted by atomic mass is 19.1. The second-order valence-electron chi connectivity index (χ2n) is 8.87. The second-order valence-corrected chi connectivity index (χ2v) is 8.87. The van der Waals surface area contributed by atoms with Crippen molar-refractivity contribution in [1.29, 1.82) is 0 Å². The molecule has 2 aromatic carbocycles. The van der Waals surface area contributed by atoms with Gasteiger partial charge in [0.05, 0.1) is 7.11 Å². The Morgan fingerprint density at radius 3 is 2.41 bits per heavy atom. The molecule has 184 valence electrons. The molecule has 1 heterocycles. The van der Waals surface area contributed by atoms with Crippen molar-refractivity contribution in [2.75, 3.05) is 41.0 Å². The van der Waals surface area contributed by atoms with Crippen molar-refractivity contribution in [2.45, 2.75) is 38.1 Å². The first-order chi connectivity index (χ1) is 16.4. The van der Waals surface area contributed by atoms with Crippen LogP contribution in [0.1, 0.15) is 30.4 Å². The van der Waals surface area contributed by atoms with Gasteiger partial charge in [0, 0.05) is 39.7 Å². The third-order valence-electron chi connectivity index (χ3n) is 6.75. The van der Waals surface area contributed by atoms with E-state index in [2.05, 4.69) is 0 Å². The Hall–Kier alpha value is -2.93. The highest BCUT2D eigenvalue weighted by Crippen LogP contribution is 2.27. The molecule has 1 aliphatic heterocycles. The van der Waals surface area contributed by atoms with Gasteiger partial charge in [-0.2, -0.15) is 0 Å². The predicted molar refractivity (Wildman–Crippen MR) is 129 cm³/mol. The number of likely N-dealkylation sites (tertiary alicyclic amines) is 1. The fraction of sp³-hybridized carbons (Fsp3) is 0.481. The molecule has 2 amide bonds. The molecule has 0 unspecified atom stereocenters. The lowest BCUT2D eigenvalue weighted by Gasteiger charge is -2.40. The molecule has 1 saturated heterocycles. The summed E-state index contributed by atoms with van der Waals surface area (Å²) >= 11 is 0. The van der Waals surface area contributed by atoms with E-state index in [1.165, 1.54) is 19.2 Å². The molecular formula is C27H35FN2O4. The van der Waals surface area contributed by atoms with Crippen molar-refractivity contribution < 1.29 is 23.5 Å². The lowest BCUT2D eigenvalue weighted by molar-refractivity contribution is -0.139. The van der Waals surface area contributed by atoms with Crippen LogP contribution >= 0.6 is 0 Å². The van der Waals surface area contributed by atoms with Crippen molar-refractivity contribution in [3.63, 3.8) is 0 Å². The number of para-hydroxylation sites is 1. The van der Waals surface area contributed by atoms with Crippen LogP contribution in [0.2, 0.25) is 0 Å². The van der Waals surface area contributed by atoms with Gasteiger partial charge in [-0.1, -0.05) is 30.3 Å². The minimum absolute atomic E-state index is 0.0245. The molecule has 0 aliphatic carbocycles. The summed E-state index contributed by atoms with van der Waals surface area (Å²) in [5.41, 5.74) is 2.02. The standard InChI is InChI=1S/C27H35FN2O4/c1-29(27(32)19-33-2)24(18-20-8-11-23(28)12-9-20)21-14-16-30(17-15-21)26(31)13-10-22-6-4-5-7-25(22)34-3/h4-9,11-12,21,24H,10,13-19H2,1-3H3/t24-/m1/s1. The number of carbonyl (C=O) groups is 2. The molecular weight excluding hydrogens is 435 g/mol. The molecule has 0 spiro atoms. The Balaban J connectivity index is 1.60. The summed E-state index contributed by atoms with van der Waals surface area (Å²) in [6.45, 7) is 1.36. The zero-order valence-electron chi connectivity index (χ0n) is 20.3. The smallest absolute Gasteiger partial charge is 0.248 e. The molecule has 6 nitrogen and oxygen atoms in total. The Morgan fingerprint density at radius 1 is 1.09 bits per heavy atom. The minimum Gasteiger partial charge on any atom is -0.496 e. The second kappa shape index (κ2) is 12.5. The monoisotopic (exact) mass is 470 g/mol. The Bertz CT molecular complexity index is 942. The zero-order chi connectivity index (χ0) is 24.5. The highest BCUT2D eigenvalue weighted by Gasteiger charge is 2.32. The van der Waals surface area contributed by atoms with Crippen LogP contribution in [-0.2, 0) is 27.2 Å². The first kappa shape index (κ1) is 25.7. The van der Waals surface area contributed by atoms with Crippen molar-refractivity contribution >= 4 is 11.8 Å². The summed E-state index contributed by atoms with van der Waals surface area (Å²) < 4.78 is 23.8. The lowest BCUT2D eigenvalue weighted by atomic mass is 9.84. The summed E-state index contributed by atoms with van der Waals surface area (Å²) in [7, 11) is 4.96. The molecule has 34 heavy (non-hydrogen) atoms. The quantitative estimate of drug-likeness (QED) is 0.531. The molecule has 1 aliphatic rings. The van der Waals surface area contributed by atoms with E-state index in [0.717, 1.165) is 29.7 Å². The molecule has 7 heteroatoms. The lowest BCUT2D eigenvalue weighted by Crippen LogP contribution is -2.49. The van der Waals surface area contributed by atoms with Crippen molar-refractivity contribution in [1.82, 2.24) is 9.80 Å². The fourth-order valence-electron chi connectivity index (χ4n) is 4.73. The summed E-state index contributed by atoms with van der Waals surface area (Å²) in [4.78, 5) is 29.1. The first-order valence-electron chi connectivity index (χ1n) is 11.8. The molecule has 0 bridgehead atoms. The van der Waals surface area contributed by atoms with Crippen LogP contribution in [0.4, 0.5) is 4.39 Å². The van der Waals surface area contributed by atoms with Gasteiger partial charge in [-0.15, -0.1) is 0 Å². The van der Waals surface area contributed by atoms with Crippen LogP contribution in [0, 0.1) is 11.7 Å². The van der Waals surface area contributed by atoms with Gasteiger partial charge in [-0.25, -0.2) is 4.39 Å². The van der Waals surface area contributed by atoms with E-state index in [9.17, 15) is 14.0 Å². The zero-order valence-corrected chi connectivity index (χ0v) is 20.3. The maximum atomic E-state index is 13.4. The number of benzene rings is 2. The number of methoxy groups -OCH3 is 2. The highest BCUT2D eigenvalue weighted by molar-refractivity contribution is 5.78. The van der Waals surface area contributed by atoms with E-state index >= 15 is 0 Å². The number of ether oxygens (including phenoxy) is 2. The number of nitrogens with zero attached hydrogens (tertiary/aromatic N) is 2. The summed E-state index contributed by atoms with van der Waals surface area (Å²) in [5, 5.41) is 0. The van der Waals surface area contributed by atoms with Crippen molar-refractivity contribution in [3.8, 4) is 5.75 Å². The van der Waals surface area contributed by atoms with Gasteiger partial charge in [-0.05, 0) is 60.9 Å². The van der Waals surface area contributed by atoms with E-state index in [1.54, 1.807) is 31.2 Å². The van der Waals surface area contributed by atoms with Crippen LogP contribution in [-0.4, -0.2) is 68.6 Å². The Kier molecular flexibility index (Phi) is 9.45. The SMILES string of the molecule is COCC(=O)N(C)[C@H](Cc1ccc(F)cc1)C1CCN(C(=O)CCc2ccccc2OC)CC1. The predicted octanol–water partition coefficient (Wildman–Crippen LogP) is 3.72. The number of piperidine rings is 1. The van der Waals surface area contributed by atoms with Gasteiger partial charge in [0.25, 0.3) is 0 Å². The molecule has 1 fully saturated rings. The van der Waals surface area contributed by atoms with Crippen LogP contribution in [0.3, 0.4) is 0 Å². The van der Waals surface area contributed by atoms with Gasteiger partial charge < -0.3 is 19.3 Å². The summed E-state index contributed by atoms with van der Waals surface area (Å²) in [6.07, 6.45) is 3.35. The Morgan fingerprint density at radius 2 is 1.76 bits per heavy atom. The third-order valence-corrected chi connectivity index (χ3v) is 6.75. The van der Waals surface area contributed by atoms with E-state index in [1.807, 2.05) is 29.2 Å². The van der Waals surface area contributed by atoms with Crippen molar-refractivity contribution in [3.05, 3.63) is 65.5 Å². The van der Waals surface area contributed by atoms with Gasteiger partial charge in [0.2, 0.25) is 11.8 Å².